The van der Waals surface area contributed by atoms with Gasteiger partial charge in [0.15, 0.2) is 0 Å². The molecule has 0 atom stereocenters. The highest BCUT2D eigenvalue weighted by Gasteiger charge is 2.16. The minimum atomic E-state index is -2.93. The molecule has 2 rings (SSSR count). The van der Waals surface area contributed by atoms with Crippen LogP contribution in [0.5, 0.6) is 11.5 Å². The molecule has 6 heteroatoms. The Balaban J connectivity index is 2.20. The Morgan fingerprint density at radius 1 is 1.11 bits per heavy atom. The van der Waals surface area contributed by atoms with Crippen LogP contribution in [0.2, 0.25) is 0 Å². The average molecular weight is 375 g/mol. The molecule has 0 fully saturated rings. The van der Waals surface area contributed by atoms with Gasteiger partial charge in [0.2, 0.25) is 5.91 Å². The van der Waals surface area contributed by atoms with Crippen molar-refractivity contribution in [2.45, 2.75) is 32.8 Å². The summed E-state index contributed by atoms with van der Waals surface area (Å²) in [7, 11) is 1.52. The number of amides is 1. The van der Waals surface area contributed by atoms with Crippen molar-refractivity contribution in [2.75, 3.05) is 12.4 Å². The zero-order chi connectivity index (χ0) is 20.0. The first kappa shape index (κ1) is 20.4. The fourth-order valence-electron chi connectivity index (χ4n) is 2.43. The van der Waals surface area contributed by atoms with Crippen molar-refractivity contribution in [2.24, 2.45) is 0 Å². The summed E-state index contributed by atoms with van der Waals surface area (Å²) in [4.78, 5) is 12.3. The van der Waals surface area contributed by atoms with Gasteiger partial charge in [-0.2, -0.15) is 8.78 Å². The van der Waals surface area contributed by atoms with Gasteiger partial charge in [-0.1, -0.05) is 45.0 Å². The van der Waals surface area contributed by atoms with E-state index in [1.165, 1.54) is 25.3 Å². The number of alkyl halides is 2. The van der Waals surface area contributed by atoms with E-state index < -0.39 is 12.5 Å². The molecule has 0 bridgehead atoms. The summed E-state index contributed by atoms with van der Waals surface area (Å²) in [5, 5.41) is 2.76. The lowest BCUT2D eigenvalue weighted by Crippen LogP contribution is -2.14. The molecule has 27 heavy (non-hydrogen) atoms. The lowest BCUT2D eigenvalue weighted by molar-refractivity contribution is -0.111. The number of hydrogen-bond donors (Lipinski definition) is 1. The second kappa shape index (κ2) is 8.66. The molecule has 0 saturated heterocycles. The van der Waals surface area contributed by atoms with Crippen molar-refractivity contribution in [3.8, 4) is 11.5 Å². The van der Waals surface area contributed by atoms with E-state index in [4.69, 9.17) is 4.74 Å². The number of para-hydroxylation sites is 1. The molecule has 1 amide bonds. The van der Waals surface area contributed by atoms with E-state index in [0.717, 1.165) is 5.56 Å². The summed E-state index contributed by atoms with van der Waals surface area (Å²) in [5.41, 5.74) is 1.87. The normalized spacial score (nSPS) is 11.7. The monoisotopic (exact) mass is 375 g/mol. The van der Waals surface area contributed by atoms with E-state index in [1.54, 1.807) is 24.3 Å². The fourth-order valence-corrected chi connectivity index (χ4v) is 2.43. The van der Waals surface area contributed by atoms with Gasteiger partial charge in [0.05, 0.1) is 12.8 Å². The summed E-state index contributed by atoms with van der Waals surface area (Å²) in [5.74, 6) is 0.126. The van der Waals surface area contributed by atoms with Crippen LogP contribution in [0.25, 0.3) is 6.08 Å². The molecule has 2 aromatic carbocycles. The van der Waals surface area contributed by atoms with Gasteiger partial charge in [-0.05, 0) is 35.3 Å². The van der Waals surface area contributed by atoms with Crippen LogP contribution >= 0.6 is 0 Å². The molecule has 0 saturated carbocycles. The Morgan fingerprint density at radius 2 is 1.81 bits per heavy atom. The molecule has 0 heterocycles. The first-order chi connectivity index (χ1) is 12.7. The average Bonchev–Trinajstić information content (AvgIpc) is 2.59. The molecule has 0 spiro atoms. The number of ether oxygens (including phenoxy) is 2. The number of nitrogens with one attached hydrogen (secondary N) is 1. The number of benzene rings is 2. The van der Waals surface area contributed by atoms with Crippen molar-refractivity contribution in [3.05, 3.63) is 59.7 Å². The second-order valence-corrected chi connectivity index (χ2v) is 6.90. The number of anilines is 1. The van der Waals surface area contributed by atoms with E-state index >= 15 is 0 Å². The van der Waals surface area contributed by atoms with Gasteiger partial charge in [-0.25, -0.2) is 0 Å². The smallest absolute Gasteiger partial charge is 0.387 e. The van der Waals surface area contributed by atoms with E-state index in [1.807, 2.05) is 12.1 Å². The number of halogens is 2. The van der Waals surface area contributed by atoms with E-state index in [0.29, 0.717) is 17.0 Å². The highest BCUT2D eigenvalue weighted by atomic mass is 19.3. The number of carbonyl (C=O) groups is 1. The van der Waals surface area contributed by atoms with Crippen LogP contribution in [0.4, 0.5) is 14.5 Å². The van der Waals surface area contributed by atoms with Crippen LogP contribution in [0.1, 0.15) is 31.9 Å². The predicted molar refractivity (Wildman–Crippen MR) is 102 cm³/mol. The molecule has 1 N–H and O–H groups in total. The van der Waals surface area contributed by atoms with Gasteiger partial charge in [-0.15, -0.1) is 0 Å². The van der Waals surface area contributed by atoms with E-state index in [-0.39, 0.29) is 11.2 Å². The number of carbonyl (C=O) groups excluding carboxylic acids is 1. The molecular formula is C21H23F2NO3. The molecule has 0 aromatic heterocycles. The zero-order valence-corrected chi connectivity index (χ0v) is 15.8. The summed E-state index contributed by atoms with van der Waals surface area (Å²) >= 11 is 0. The maximum atomic E-state index is 12.5. The van der Waals surface area contributed by atoms with Crippen molar-refractivity contribution >= 4 is 17.7 Å². The third kappa shape index (κ3) is 5.81. The van der Waals surface area contributed by atoms with Crippen LogP contribution in [-0.2, 0) is 10.2 Å². The molecule has 4 nitrogen and oxygen atoms in total. The summed E-state index contributed by atoms with van der Waals surface area (Å²) in [6, 6.07) is 11.9. The van der Waals surface area contributed by atoms with Crippen LogP contribution < -0.4 is 14.8 Å². The van der Waals surface area contributed by atoms with Crippen molar-refractivity contribution < 1.29 is 23.0 Å². The fraction of sp³-hybridized carbons (Fsp3) is 0.286. The summed E-state index contributed by atoms with van der Waals surface area (Å²) in [6.45, 7) is 3.28. The van der Waals surface area contributed by atoms with Crippen LogP contribution in [0, 0.1) is 0 Å². The number of methoxy groups -OCH3 is 1. The van der Waals surface area contributed by atoms with Crippen molar-refractivity contribution in [1.29, 1.82) is 0 Å². The SMILES string of the molecule is COc1ccc(C(C)(C)C)cc1NC(=O)/C=C/c1ccccc1OC(F)F. The highest BCUT2D eigenvalue weighted by molar-refractivity contribution is 6.03. The van der Waals surface area contributed by atoms with Crippen LogP contribution in [-0.4, -0.2) is 19.6 Å². The van der Waals surface area contributed by atoms with Gasteiger partial charge < -0.3 is 14.8 Å². The molecule has 0 aliphatic rings. The minimum absolute atomic E-state index is 0.00357. The molecule has 144 valence electrons. The van der Waals surface area contributed by atoms with Gasteiger partial charge in [0, 0.05) is 11.6 Å². The first-order valence-electron chi connectivity index (χ1n) is 8.42. The minimum Gasteiger partial charge on any atom is -0.495 e. The van der Waals surface area contributed by atoms with Gasteiger partial charge in [0.25, 0.3) is 0 Å². The summed E-state index contributed by atoms with van der Waals surface area (Å²) in [6.07, 6.45) is 2.68. The lowest BCUT2D eigenvalue weighted by Gasteiger charge is -2.21. The lowest BCUT2D eigenvalue weighted by atomic mass is 9.87. The maximum absolute atomic E-state index is 12.5. The largest absolute Gasteiger partial charge is 0.495 e. The second-order valence-electron chi connectivity index (χ2n) is 6.90. The topological polar surface area (TPSA) is 47.6 Å². The molecular weight excluding hydrogens is 352 g/mol. The Labute approximate surface area is 157 Å². The third-order valence-electron chi connectivity index (χ3n) is 3.87. The van der Waals surface area contributed by atoms with E-state index in [9.17, 15) is 13.6 Å². The first-order valence-corrected chi connectivity index (χ1v) is 8.42. The third-order valence-corrected chi connectivity index (χ3v) is 3.87. The van der Waals surface area contributed by atoms with Crippen molar-refractivity contribution in [1.82, 2.24) is 0 Å². The number of hydrogen-bond acceptors (Lipinski definition) is 3. The Hall–Kier alpha value is -2.89. The van der Waals surface area contributed by atoms with Crippen LogP contribution in [0.3, 0.4) is 0 Å². The zero-order valence-electron chi connectivity index (χ0n) is 15.8. The standard InChI is InChI=1S/C21H23F2NO3/c1-21(2,3)15-10-11-18(26-4)16(13-15)24-19(25)12-9-14-7-5-6-8-17(14)27-20(22)23/h5-13,20H,1-4H3,(H,24,25)/b12-9+. The molecule has 0 aliphatic heterocycles. The number of rotatable bonds is 6. The quantitative estimate of drug-likeness (QED) is 0.702. The van der Waals surface area contributed by atoms with Crippen LogP contribution in [0.15, 0.2) is 48.5 Å². The van der Waals surface area contributed by atoms with E-state index in [2.05, 4.69) is 30.8 Å². The highest BCUT2D eigenvalue weighted by Crippen LogP contribution is 2.31. The van der Waals surface area contributed by atoms with Gasteiger partial charge in [0.1, 0.15) is 11.5 Å². The molecule has 2 aromatic rings. The Kier molecular flexibility index (Phi) is 6.55. The molecule has 0 aliphatic carbocycles. The summed E-state index contributed by atoms with van der Waals surface area (Å²) < 4.78 is 34.7. The Bertz CT molecular complexity index is 826. The van der Waals surface area contributed by atoms with Gasteiger partial charge >= 0.3 is 6.61 Å². The van der Waals surface area contributed by atoms with Crippen molar-refractivity contribution in [3.63, 3.8) is 0 Å². The predicted octanol–water partition coefficient (Wildman–Crippen LogP) is 5.25. The maximum Gasteiger partial charge on any atom is 0.387 e. The Morgan fingerprint density at radius 3 is 2.44 bits per heavy atom. The molecule has 0 radical (unpaired) electrons. The molecule has 0 unspecified atom stereocenters. The van der Waals surface area contributed by atoms with Gasteiger partial charge in [-0.3, -0.25) is 4.79 Å².